The molecular weight excluding hydrogens is 416 g/mol. The minimum absolute atomic E-state index is 0.183. The summed E-state index contributed by atoms with van der Waals surface area (Å²) in [5, 5.41) is 2.78. The first-order valence-electron chi connectivity index (χ1n) is 10.2. The molecule has 0 spiro atoms. The van der Waals surface area contributed by atoms with E-state index >= 15 is 0 Å². The van der Waals surface area contributed by atoms with Crippen molar-refractivity contribution in [1.29, 1.82) is 0 Å². The van der Waals surface area contributed by atoms with E-state index in [1.54, 1.807) is 26.0 Å². The highest BCUT2D eigenvalue weighted by atomic mass is 32.2. The van der Waals surface area contributed by atoms with Gasteiger partial charge in [-0.2, -0.15) is 0 Å². The molecule has 0 aliphatic carbocycles. The van der Waals surface area contributed by atoms with E-state index in [9.17, 15) is 13.2 Å². The van der Waals surface area contributed by atoms with E-state index in [1.807, 2.05) is 30.3 Å². The number of hydrogen-bond donors (Lipinski definition) is 1. The molecule has 31 heavy (non-hydrogen) atoms. The number of hydrogen-bond acceptors (Lipinski definition) is 5. The van der Waals surface area contributed by atoms with Gasteiger partial charge in [-0.15, -0.1) is 0 Å². The first kappa shape index (κ1) is 22.7. The topological polar surface area (TPSA) is 84.9 Å². The summed E-state index contributed by atoms with van der Waals surface area (Å²) in [7, 11) is -0.996. The summed E-state index contributed by atoms with van der Waals surface area (Å²) >= 11 is 0. The molecule has 7 nitrogen and oxygen atoms in total. The number of ether oxygens (including phenoxy) is 2. The summed E-state index contributed by atoms with van der Waals surface area (Å²) in [5.41, 5.74) is 2.66. The van der Waals surface area contributed by atoms with Gasteiger partial charge in [0.05, 0.1) is 19.9 Å². The monoisotopic (exact) mass is 444 g/mol. The fourth-order valence-corrected chi connectivity index (χ4v) is 5.55. The number of carbonyl (C=O) groups excluding carboxylic acids is 1. The minimum Gasteiger partial charge on any atom is -0.493 e. The Hall–Kier alpha value is -3.00. The molecule has 0 bridgehead atoms. The van der Waals surface area contributed by atoms with Crippen LogP contribution in [0.3, 0.4) is 0 Å². The Morgan fingerprint density at radius 1 is 1.06 bits per heavy atom. The fraction of sp³-hybridized carbons (Fsp3) is 0.348. The first-order chi connectivity index (χ1) is 14.8. The lowest BCUT2D eigenvalue weighted by molar-refractivity contribution is -0.116. The Morgan fingerprint density at radius 2 is 1.71 bits per heavy atom. The molecule has 1 N–H and O–H groups in total. The quantitative estimate of drug-likeness (QED) is 0.631. The van der Waals surface area contributed by atoms with Crippen LogP contribution in [0.2, 0.25) is 0 Å². The number of fused-ring (bicyclic) bond motifs is 1. The van der Waals surface area contributed by atoms with E-state index in [0.29, 0.717) is 41.3 Å². The summed E-state index contributed by atoms with van der Waals surface area (Å²) in [5.74, 6) is 0.305. The molecule has 1 amide bonds. The van der Waals surface area contributed by atoms with E-state index in [1.165, 1.54) is 24.1 Å². The Labute approximate surface area is 183 Å². The van der Waals surface area contributed by atoms with Crippen molar-refractivity contribution < 1.29 is 22.7 Å². The lowest BCUT2D eigenvalue weighted by Crippen LogP contribution is -2.41. The van der Waals surface area contributed by atoms with Crippen molar-refractivity contribution in [2.24, 2.45) is 0 Å². The van der Waals surface area contributed by atoms with E-state index in [0.717, 1.165) is 6.42 Å². The number of aryl methyl sites for hydroxylation is 1. The van der Waals surface area contributed by atoms with Gasteiger partial charge in [0, 0.05) is 24.7 Å². The second-order valence-electron chi connectivity index (χ2n) is 7.19. The van der Waals surface area contributed by atoms with Crippen molar-refractivity contribution in [3.63, 3.8) is 0 Å². The summed E-state index contributed by atoms with van der Waals surface area (Å²) in [4.78, 5) is 12.7. The average Bonchev–Trinajstić information content (AvgIpc) is 2.76. The molecule has 1 heterocycles. The van der Waals surface area contributed by atoms with Gasteiger partial charge in [0.15, 0.2) is 16.4 Å². The van der Waals surface area contributed by atoms with Crippen LogP contribution in [-0.4, -0.2) is 41.6 Å². The highest BCUT2D eigenvalue weighted by Gasteiger charge is 2.39. The molecule has 1 aliphatic rings. The smallest absolute Gasteiger partial charge is 0.270 e. The zero-order chi connectivity index (χ0) is 22.6. The van der Waals surface area contributed by atoms with Crippen LogP contribution >= 0.6 is 0 Å². The van der Waals surface area contributed by atoms with Crippen LogP contribution in [0.1, 0.15) is 31.4 Å². The summed E-state index contributed by atoms with van der Waals surface area (Å²) in [6.07, 6.45) is 1.51. The molecule has 2 aromatic carbocycles. The van der Waals surface area contributed by atoms with Crippen LogP contribution in [0.25, 0.3) is 5.57 Å². The third kappa shape index (κ3) is 4.39. The van der Waals surface area contributed by atoms with Gasteiger partial charge in [-0.3, -0.25) is 9.10 Å². The molecule has 0 unspecified atom stereocenters. The van der Waals surface area contributed by atoms with Gasteiger partial charge in [0.1, 0.15) is 0 Å². The predicted molar refractivity (Wildman–Crippen MR) is 122 cm³/mol. The molecule has 3 rings (SSSR count). The van der Waals surface area contributed by atoms with Crippen LogP contribution in [0.4, 0.5) is 5.69 Å². The Bertz CT molecular complexity index is 1090. The van der Waals surface area contributed by atoms with Crippen LogP contribution in [-0.2, 0) is 21.2 Å². The number of nitrogens with zero attached hydrogens (tertiary/aromatic N) is 1. The van der Waals surface area contributed by atoms with Crippen molar-refractivity contribution in [3.8, 4) is 11.5 Å². The van der Waals surface area contributed by atoms with Gasteiger partial charge in [0.25, 0.3) is 15.9 Å². The van der Waals surface area contributed by atoms with Crippen LogP contribution in [0, 0.1) is 0 Å². The molecule has 8 heteroatoms. The zero-order valence-corrected chi connectivity index (χ0v) is 19.1. The maximum atomic E-state index is 13.3. The highest BCUT2D eigenvalue weighted by Crippen LogP contribution is 2.44. The number of sulfonamides is 1. The second kappa shape index (κ2) is 9.43. The number of rotatable bonds is 8. The van der Waals surface area contributed by atoms with Gasteiger partial charge in [-0.25, -0.2) is 8.42 Å². The number of amides is 1. The van der Waals surface area contributed by atoms with Crippen LogP contribution in [0.5, 0.6) is 11.5 Å². The molecule has 166 valence electrons. The average molecular weight is 445 g/mol. The SMILES string of the molecule is CCN1c2cc(OC)c(OC)cc2C(C)=C(C(=O)NCCCc2ccccc2)S1(=O)=O. The molecular formula is C23H28N2O5S. The maximum absolute atomic E-state index is 13.3. The number of carbonyl (C=O) groups is 1. The van der Waals surface area contributed by atoms with E-state index < -0.39 is 15.9 Å². The van der Waals surface area contributed by atoms with E-state index in [2.05, 4.69) is 5.32 Å². The van der Waals surface area contributed by atoms with Crippen LogP contribution < -0.4 is 19.1 Å². The standard InChI is InChI=1S/C23H28N2O5S/c1-5-25-19-15-21(30-4)20(29-3)14-18(19)16(2)22(31(25,27)28)23(26)24-13-9-12-17-10-7-6-8-11-17/h6-8,10-11,14-15H,5,9,12-13H2,1-4H3,(H,24,26). The normalized spacial score (nSPS) is 14.8. The predicted octanol–water partition coefficient (Wildman–Crippen LogP) is 3.35. The molecule has 0 atom stereocenters. The number of allylic oxidation sites excluding steroid dienone is 1. The van der Waals surface area contributed by atoms with Crippen molar-refractivity contribution in [1.82, 2.24) is 5.32 Å². The van der Waals surface area contributed by atoms with Gasteiger partial charge < -0.3 is 14.8 Å². The maximum Gasteiger partial charge on any atom is 0.270 e. The summed E-state index contributed by atoms with van der Waals surface area (Å²) in [6.45, 7) is 3.94. The Morgan fingerprint density at radius 3 is 2.32 bits per heavy atom. The highest BCUT2D eigenvalue weighted by molar-refractivity contribution is 7.97. The molecule has 0 fully saturated rings. The van der Waals surface area contributed by atoms with Gasteiger partial charge in [-0.1, -0.05) is 30.3 Å². The second-order valence-corrected chi connectivity index (χ2v) is 8.99. The van der Waals surface area contributed by atoms with E-state index in [-0.39, 0.29) is 11.4 Å². The number of nitrogens with one attached hydrogen (secondary N) is 1. The van der Waals surface area contributed by atoms with Gasteiger partial charge >= 0.3 is 0 Å². The van der Waals surface area contributed by atoms with Gasteiger partial charge in [-0.05, 0) is 43.9 Å². The molecule has 0 saturated carbocycles. The molecule has 0 saturated heterocycles. The zero-order valence-electron chi connectivity index (χ0n) is 18.3. The number of benzene rings is 2. The van der Waals surface area contributed by atoms with E-state index in [4.69, 9.17) is 9.47 Å². The minimum atomic E-state index is -4.01. The van der Waals surface area contributed by atoms with Crippen molar-refractivity contribution in [3.05, 3.63) is 58.5 Å². The Kier molecular flexibility index (Phi) is 6.90. The van der Waals surface area contributed by atoms with Gasteiger partial charge in [0.2, 0.25) is 0 Å². The lowest BCUT2D eigenvalue weighted by Gasteiger charge is -2.32. The summed E-state index contributed by atoms with van der Waals surface area (Å²) in [6, 6.07) is 13.3. The summed E-state index contributed by atoms with van der Waals surface area (Å²) < 4.78 is 38.5. The molecule has 2 aromatic rings. The molecule has 0 radical (unpaired) electrons. The molecule has 1 aliphatic heterocycles. The largest absolute Gasteiger partial charge is 0.493 e. The number of methoxy groups -OCH3 is 2. The Balaban J connectivity index is 1.90. The first-order valence-corrected chi connectivity index (χ1v) is 11.6. The fourth-order valence-electron chi connectivity index (χ4n) is 3.78. The lowest BCUT2D eigenvalue weighted by atomic mass is 10.0. The molecule has 0 aromatic heterocycles. The van der Waals surface area contributed by atoms with Crippen molar-refractivity contribution >= 4 is 27.2 Å². The van der Waals surface area contributed by atoms with Crippen LogP contribution in [0.15, 0.2) is 47.4 Å². The third-order valence-corrected chi connectivity index (χ3v) is 7.37. The third-order valence-electron chi connectivity index (χ3n) is 5.33. The number of anilines is 1. The van der Waals surface area contributed by atoms with Crippen molar-refractivity contribution in [2.75, 3.05) is 31.6 Å². The van der Waals surface area contributed by atoms with Crippen molar-refractivity contribution in [2.45, 2.75) is 26.7 Å².